The van der Waals surface area contributed by atoms with Crippen molar-refractivity contribution in [2.75, 3.05) is 17.1 Å². The van der Waals surface area contributed by atoms with Crippen molar-refractivity contribution in [1.29, 1.82) is 0 Å². The number of benzene rings is 1. The summed E-state index contributed by atoms with van der Waals surface area (Å²) in [7, 11) is -3.50. The van der Waals surface area contributed by atoms with Crippen molar-refractivity contribution in [2.24, 2.45) is 5.73 Å². The van der Waals surface area contributed by atoms with Crippen LogP contribution in [-0.4, -0.2) is 31.9 Å². The zero-order chi connectivity index (χ0) is 14.8. The predicted octanol–water partition coefficient (Wildman–Crippen LogP) is 2.00. The minimum atomic E-state index is -3.50. The second-order valence-electron chi connectivity index (χ2n) is 4.57. The van der Waals surface area contributed by atoms with E-state index in [0.29, 0.717) is 17.9 Å². The summed E-state index contributed by atoms with van der Waals surface area (Å²) >= 11 is 8.23. The van der Waals surface area contributed by atoms with Gasteiger partial charge in [-0.15, -0.1) is 0 Å². The first-order chi connectivity index (χ1) is 9.37. The molecule has 1 aliphatic heterocycles. The zero-order valence-electron chi connectivity index (χ0n) is 10.6. The van der Waals surface area contributed by atoms with Crippen LogP contribution in [0.4, 0.5) is 5.69 Å². The number of anilines is 1. The second kappa shape index (κ2) is 6.38. The quantitative estimate of drug-likeness (QED) is 0.765. The molecule has 1 fully saturated rings. The zero-order valence-corrected chi connectivity index (χ0v) is 13.9. The summed E-state index contributed by atoms with van der Waals surface area (Å²) in [6, 6.07) is 5.07. The maximum Gasteiger partial charge on any atom is 0.235 e. The first kappa shape index (κ1) is 15.7. The van der Waals surface area contributed by atoms with Gasteiger partial charge in [0.2, 0.25) is 10.0 Å². The molecule has 0 radical (unpaired) electrons. The summed E-state index contributed by atoms with van der Waals surface area (Å²) < 4.78 is 32.9. The Labute approximate surface area is 132 Å². The van der Waals surface area contributed by atoms with Gasteiger partial charge in [-0.25, -0.2) is 8.42 Å². The average Bonchev–Trinajstić information content (AvgIpc) is 2.79. The fourth-order valence-corrected chi connectivity index (χ4v) is 3.92. The lowest BCUT2D eigenvalue weighted by atomic mass is 10.2. The van der Waals surface area contributed by atoms with E-state index in [2.05, 4.69) is 20.7 Å². The monoisotopic (exact) mass is 378 g/mol. The molecular weight excluding hydrogens is 364 g/mol. The summed E-state index contributed by atoms with van der Waals surface area (Å²) in [5.41, 5.74) is 6.48. The van der Waals surface area contributed by atoms with Gasteiger partial charge in [-0.05, 0) is 31.0 Å². The van der Waals surface area contributed by atoms with Gasteiger partial charge in [-0.3, -0.25) is 4.72 Å². The number of nitrogens with two attached hydrogens (primary N) is 1. The van der Waals surface area contributed by atoms with Gasteiger partial charge >= 0.3 is 0 Å². The number of hydrogen-bond donors (Lipinski definition) is 2. The molecule has 0 spiro atoms. The number of hydrogen-bond acceptors (Lipinski definition) is 4. The number of rotatable bonds is 5. The molecular formula is C12H15BrN2O3S2. The summed E-state index contributed by atoms with van der Waals surface area (Å²) in [4.78, 5) is 0.146. The lowest BCUT2D eigenvalue weighted by Gasteiger charge is -2.14. The molecule has 5 nitrogen and oxygen atoms in total. The predicted molar refractivity (Wildman–Crippen MR) is 86.4 cm³/mol. The second-order valence-corrected chi connectivity index (χ2v) is 7.70. The molecule has 1 aliphatic rings. The summed E-state index contributed by atoms with van der Waals surface area (Å²) in [5, 5.41) is 0. The summed E-state index contributed by atoms with van der Waals surface area (Å²) in [5.74, 6) is -0.0592. The number of halogens is 1. The molecule has 1 atom stereocenters. The van der Waals surface area contributed by atoms with Crippen LogP contribution in [-0.2, 0) is 14.8 Å². The van der Waals surface area contributed by atoms with Crippen LogP contribution in [0.3, 0.4) is 0 Å². The van der Waals surface area contributed by atoms with Crippen molar-refractivity contribution in [3.8, 4) is 0 Å². The molecule has 20 heavy (non-hydrogen) atoms. The largest absolute Gasteiger partial charge is 0.389 e. The van der Waals surface area contributed by atoms with Crippen molar-refractivity contribution in [3.05, 3.63) is 28.2 Å². The molecule has 3 N–H and O–H groups in total. The highest BCUT2D eigenvalue weighted by Gasteiger charge is 2.24. The van der Waals surface area contributed by atoms with Crippen LogP contribution in [0.1, 0.15) is 18.4 Å². The Balaban J connectivity index is 2.19. The number of thiocarbonyl (C=S) groups is 1. The van der Waals surface area contributed by atoms with Gasteiger partial charge in [0, 0.05) is 16.6 Å². The maximum atomic E-state index is 12.2. The Kier molecular flexibility index (Phi) is 5.00. The van der Waals surface area contributed by atoms with Gasteiger partial charge in [0.1, 0.15) is 4.99 Å². The van der Waals surface area contributed by atoms with Crippen molar-refractivity contribution >= 4 is 48.8 Å². The molecule has 110 valence electrons. The standard InChI is InChI=1S/C12H15BrN2O3S2/c13-8-3-4-10(12(14)19)11(6-8)15-20(16,17)7-9-2-1-5-18-9/h3-4,6,9,15H,1-2,5,7H2,(H2,14,19). The molecule has 0 aliphatic carbocycles. The molecule has 1 aromatic carbocycles. The molecule has 0 saturated carbocycles. The first-order valence-electron chi connectivity index (χ1n) is 6.09. The Morgan fingerprint density at radius 2 is 2.30 bits per heavy atom. The van der Waals surface area contributed by atoms with E-state index in [-0.39, 0.29) is 16.8 Å². The van der Waals surface area contributed by atoms with E-state index in [1.54, 1.807) is 18.2 Å². The molecule has 8 heteroatoms. The van der Waals surface area contributed by atoms with Crippen LogP contribution in [0.5, 0.6) is 0 Å². The third-order valence-corrected chi connectivity index (χ3v) is 5.00. The topological polar surface area (TPSA) is 81.4 Å². The third-order valence-electron chi connectivity index (χ3n) is 2.94. The van der Waals surface area contributed by atoms with E-state index in [1.165, 1.54) is 0 Å². The Morgan fingerprint density at radius 3 is 2.90 bits per heavy atom. The summed E-state index contributed by atoms with van der Waals surface area (Å²) in [6.07, 6.45) is 1.42. The number of ether oxygens (including phenoxy) is 1. The van der Waals surface area contributed by atoms with Crippen LogP contribution in [0.25, 0.3) is 0 Å². The molecule has 2 rings (SSSR count). The Bertz CT molecular complexity index is 613. The molecule has 1 aromatic rings. The molecule has 0 bridgehead atoms. The normalized spacial score (nSPS) is 18.9. The third kappa shape index (κ3) is 4.15. The maximum absolute atomic E-state index is 12.2. The van der Waals surface area contributed by atoms with Gasteiger partial charge in [-0.1, -0.05) is 28.1 Å². The SMILES string of the molecule is NC(=S)c1ccc(Br)cc1NS(=O)(=O)CC1CCCO1. The van der Waals surface area contributed by atoms with Gasteiger partial charge in [-0.2, -0.15) is 0 Å². The Hall–Kier alpha value is -0.700. The lowest BCUT2D eigenvalue weighted by Crippen LogP contribution is -2.26. The smallest absolute Gasteiger partial charge is 0.235 e. The molecule has 1 saturated heterocycles. The van der Waals surface area contributed by atoms with Crippen LogP contribution in [0.2, 0.25) is 0 Å². The van der Waals surface area contributed by atoms with Gasteiger partial charge in [0.25, 0.3) is 0 Å². The van der Waals surface area contributed by atoms with Crippen LogP contribution in [0.15, 0.2) is 22.7 Å². The van der Waals surface area contributed by atoms with Crippen LogP contribution >= 0.6 is 28.1 Å². The van der Waals surface area contributed by atoms with Gasteiger partial charge < -0.3 is 10.5 Å². The molecule has 1 unspecified atom stereocenters. The van der Waals surface area contributed by atoms with E-state index >= 15 is 0 Å². The van der Waals surface area contributed by atoms with Crippen LogP contribution in [0, 0.1) is 0 Å². The molecule has 0 aromatic heterocycles. The first-order valence-corrected chi connectivity index (χ1v) is 8.94. The highest BCUT2D eigenvalue weighted by atomic mass is 79.9. The van der Waals surface area contributed by atoms with Gasteiger partial charge in [0.05, 0.1) is 17.5 Å². The highest BCUT2D eigenvalue weighted by Crippen LogP contribution is 2.23. The number of nitrogens with one attached hydrogen (secondary N) is 1. The number of sulfonamides is 1. The van der Waals surface area contributed by atoms with E-state index in [4.69, 9.17) is 22.7 Å². The van der Waals surface area contributed by atoms with E-state index < -0.39 is 10.0 Å². The lowest BCUT2D eigenvalue weighted by molar-refractivity contribution is 0.127. The highest BCUT2D eigenvalue weighted by molar-refractivity contribution is 9.10. The Morgan fingerprint density at radius 1 is 1.55 bits per heavy atom. The van der Waals surface area contributed by atoms with Crippen molar-refractivity contribution in [3.63, 3.8) is 0 Å². The minimum Gasteiger partial charge on any atom is -0.389 e. The van der Waals surface area contributed by atoms with E-state index in [1.807, 2.05) is 0 Å². The molecule has 0 amide bonds. The van der Waals surface area contributed by atoms with Gasteiger partial charge in [0.15, 0.2) is 0 Å². The fraction of sp³-hybridized carbons (Fsp3) is 0.417. The van der Waals surface area contributed by atoms with E-state index in [0.717, 1.165) is 17.3 Å². The van der Waals surface area contributed by atoms with Crippen molar-refractivity contribution in [2.45, 2.75) is 18.9 Å². The van der Waals surface area contributed by atoms with Crippen molar-refractivity contribution in [1.82, 2.24) is 0 Å². The minimum absolute atomic E-state index is 0.0592. The van der Waals surface area contributed by atoms with Crippen molar-refractivity contribution < 1.29 is 13.2 Å². The van der Waals surface area contributed by atoms with Crippen LogP contribution < -0.4 is 10.5 Å². The van der Waals surface area contributed by atoms with E-state index in [9.17, 15) is 8.42 Å². The molecule has 1 heterocycles. The summed E-state index contributed by atoms with van der Waals surface area (Å²) in [6.45, 7) is 0.620. The fourth-order valence-electron chi connectivity index (χ4n) is 2.05. The average molecular weight is 379 g/mol.